The van der Waals surface area contributed by atoms with Gasteiger partial charge in [0.05, 0.1) is 0 Å². The van der Waals surface area contributed by atoms with Crippen molar-refractivity contribution in [3.8, 4) is 0 Å². The Bertz CT molecular complexity index is 853. The second kappa shape index (κ2) is 11.7. The van der Waals surface area contributed by atoms with Crippen LogP contribution in [0.3, 0.4) is 0 Å². The van der Waals surface area contributed by atoms with Crippen LogP contribution in [0.2, 0.25) is 0 Å². The molecular weight excluding hydrogens is 400 g/mol. The fraction of sp³-hybridized carbons (Fsp3) is 0.480. The minimum atomic E-state index is -0.137. The van der Waals surface area contributed by atoms with E-state index in [9.17, 15) is 4.79 Å². The molecular formula is C25H38N6O. The molecule has 0 atom stereocenters. The predicted molar refractivity (Wildman–Crippen MR) is 132 cm³/mol. The third-order valence-electron chi connectivity index (χ3n) is 5.13. The first-order valence-electron chi connectivity index (χ1n) is 11.1. The number of hydrogen-bond acceptors (Lipinski definition) is 6. The summed E-state index contributed by atoms with van der Waals surface area (Å²) in [5.41, 5.74) is 4.88. The average Bonchev–Trinajstić information content (AvgIpc) is 2.76. The zero-order chi connectivity index (χ0) is 23.7. The SMILES string of the molecule is C=C.Cc1nccc(N(CC(C)(C)C)NC(=O)c2ccc(CN3CCN(C)CC3)cc2)n1. The standard InChI is InChI=1S/C23H34N6O.C2H4/c1-18-24-11-10-21(25-18)29(17-23(2,3)4)26-22(30)20-8-6-19(7-9-20)16-28-14-12-27(5)13-15-28;1-2/h6-11H,12-17H2,1-5H3,(H,26,30);1-2H2. The van der Waals surface area contributed by atoms with Crippen molar-refractivity contribution in [3.63, 3.8) is 0 Å². The fourth-order valence-electron chi connectivity index (χ4n) is 3.46. The molecule has 3 rings (SSSR count). The molecule has 2 aromatic rings. The van der Waals surface area contributed by atoms with E-state index < -0.39 is 0 Å². The number of piperazine rings is 1. The highest BCUT2D eigenvalue weighted by Gasteiger charge is 2.21. The summed E-state index contributed by atoms with van der Waals surface area (Å²) in [6, 6.07) is 9.73. The molecule has 0 saturated carbocycles. The molecule has 1 saturated heterocycles. The third kappa shape index (κ3) is 8.05. The van der Waals surface area contributed by atoms with Crippen LogP contribution in [-0.2, 0) is 6.54 Å². The molecule has 0 radical (unpaired) electrons. The maximum absolute atomic E-state index is 12.9. The summed E-state index contributed by atoms with van der Waals surface area (Å²) >= 11 is 0. The van der Waals surface area contributed by atoms with Gasteiger partial charge in [0.2, 0.25) is 0 Å². The van der Waals surface area contributed by atoms with Gasteiger partial charge in [-0.05, 0) is 37.1 Å². The van der Waals surface area contributed by atoms with E-state index in [2.05, 4.69) is 78.3 Å². The number of hydrogen-bond donors (Lipinski definition) is 1. The summed E-state index contributed by atoms with van der Waals surface area (Å²) in [5, 5.41) is 1.81. The molecule has 174 valence electrons. The number of benzene rings is 1. The van der Waals surface area contributed by atoms with E-state index in [0.717, 1.165) is 32.7 Å². The molecule has 7 heteroatoms. The second-order valence-electron chi connectivity index (χ2n) is 9.33. The monoisotopic (exact) mass is 438 g/mol. The normalized spacial score (nSPS) is 14.9. The lowest BCUT2D eigenvalue weighted by Gasteiger charge is -2.32. The Hall–Kier alpha value is -2.77. The summed E-state index contributed by atoms with van der Waals surface area (Å²) in [4.78, 5) is 26.4. The maximum atomic E-state index is 12.9. The van der Waals surface area contributed by atoms with Gasteiger partial charge in [-0.25, -0.2) is 9.97 Å². The zero-order valence-electron chi connectivity index (χ0n) is 20.3. The summed E-state index contributed by atoms with van der Waals surface area (Å²) in [7, 11) is 2.16. The number of amides is 1. The molecule has 0 bridgehead atoms. The van der Waals surface area contributed by atoms with Crippen molar-refractivity contribution in [2.24, 2.45) is 5.41 Å². The first-order chi connectivity index (χ1) is 15.2. The van der Waals surface area contributed by atoms with Crippen molar-refractivity contribution in [2.45, 2.75) is 34.2 Å². The second-order valence-corrected chi connectivity index (χ2v) is 9.33. The Kier molecular flexibility index (Phi) is 9.35. The van der Waals surface area contributed by atoms with Gasteiger partial charge in [0.15, 0.2) is 5.82 Å². The molecule has 32 heavy (non-hydrogen) atoms. The highest BCUT2D eigenvalue weighted by Crippen LogP contribution is 2.19. The smallest absolute Gasteiger partial charge is 0.269 e. The number of nitrogens with one attached hydrogen (secondary N) is 1. The molecule has 7 nitrogen and oxygen atoms in total. The first kappa shape index (κ1) is 25.5. The number of nitrogens with zero attached hydrogens (tertiary/aromatic N) is 5. The highest BCUT2D eigenvalue weighted by molar-refractivity contribution is 5.95. The number of aromatic nitrogens is 2. The van der Waals surface area contributed by atoms with Crippen molar-refractivity contribution in [1.29, 1.82) is 0 Å². The van der Waals surface area contributed by atoms with Gasteiger partial charge in [0.25, 0.3) is 5.91 Å². The number of likely N-dealkylation sites (N-methyl/N-ethyl adjacent to an activating group) is 1. The summed E-state index contributed by atoms with van der Waals surface area (Å²) in [6.45, 7) is 20.2. The van der Waals surface area contributed by atoms with Crippen LogP contribution in [0.15, 0.2) is 49.7 Å². The topological polar surface area (TPSA) is 64.6 Å². The average molecular weight is 439 g/mol. The summed E-state index contributed by atoms with van der Waals surface area (Å²) < 4.78 is 0. The molecule has 0 spiro atoms. The Balaban J connectivity index is 0.00000176. The van der Waals surface area contributed by atoms with E-state index in [4.69, 9.17) is 0 Å². The number of rotatable bonds is 6. The fourth-order valence-corrected chi connectivity index (χ4v) is 3.46. The van der Waals surface area contributed by atoms with Gasteiger partial charge in [-0.3, -0.25) is 20.1 Å². The molecule has 1 aliphatic heterocycles. The first-order valence-corrected chi connectivity index (χ1v) is 11.1. The van der Waals surface area contributed by atoms with E-state index >= 15 is 0 Å². The van der Waals surface area contributed by atoms with Crippen molar-refractivity contribution in [3.05, 3.63) is 66.6 Å². The van der Waals surface area contributed by atoms with E-state index in [1.54, 1.807) is 6.20 Å². The van der Waals surface area contributed by atoms with Crippen molar-refractivity contribution in [1.82, 2.24) is 25.2 Å². The number of hydrazine groups is 1. The molecule has 1 amide bonds. The molecule has 1 N–H and O–H groups in total. The Morgan fingerprint density at radius 3 is 2.28 bits per heavy atom. The minimum Gasteiger partial charge on any atom is -0.304 e. The minimum absolute atomic E-state index is 0.0154. The van der Waals surface area contributed by atoms with Gasteiger partial charge in [0.1, 0.15) is 5.82 Å². The quantitative estimate of drug-likeness (QED) is 0.550. The van der Waals surface area contributed by atoms with Gasteiger partial charge in [-0.15, -0.1) is 13.2 Å². The number of carbonyl (C=O) groups excluding carboxylic acids is 1. The van der Waals surface area contributed by atoms with Gasteiger partial charge in [0, 0.05) is 57.1 Å². The van der Waals surface area contributed by atoms with E-state index in [-0.39, 0.29) is 11.3 Å². The lowest BCUT2D eigenvalue weighted by atomic mass is 9.97. The lowest BCUT2D eigenvalue weighted by Crippen LogP contribution is -2.47. The van der Waals surface area contributed by atoms with Gasteiger partial charge >= 0.3 is 0 Å². The number of carbonyl (C=O) groups is 1. The Labute approximate surface area is 193 Å². The number of aryl methyl sites for hydroxylation is 1. The van der Waals surface area contributed by atoms with Crippen LogP contribution in [0.1, 0.15) is 42.5 Å². The number of anilines is 1. The maximum Gasteiger partial charge on any atom is 0.269 e. The molecule has 2 heterocycles. The highest BCUT2D eigenvalue weighted by atomic mass is 16.2. The Morgan fingerprint density at radius 2 is 1.72 bits per heavy atom. The predicted octanol–water partition coefficient (Wildman–Crippen LogP) is 3.53. The van der Waals surface area contributed by atoms with Crippen molar-refractivity contribution < 1.29 is 4.79 Å². The van der Waals surface area contributed by atoms with E-state index in [1.807, 2.05) is 30.1 Å². The summed E-state index contributed by atoms with van der Waals surface area (Å²) in [6.07, 6.45) is 1.71. The van der Waals surface area contributed by atoms with Crippen LogP contribution < -0.4 is 10.4 Å². The summed E-state index contributed by atoms with van der Waals surface area (Å²) in [5.74, 6) is 1.23. The lowest BCUT2D eigenvalue weighted by molar-refractivity contribution is 0.0945. The van der Waals surface area contributed by atoms with Crippen LogP contribution in [-0.4, -0.2) is 65.4 Å². The molecule has 1 aromatic heterocycles. The molecule has 1 aliphatic rings. The van der Waals surface area contributed by atoms with E-state index in [0.29, 0.717) is 23.8 Å². The van der Waals surface area contributed by atoms with Gasteiger partial charge in [-0.2, -0.15) is 0 Å². The third-order valence-corrected chi connectivity index (χ3v) is 5.13. The van der Waals surface area contributed by atoms with Crippen molar-refractivity contribution in [2.75, 3.05) is 44.8 Å². The Morgan fingerprint density at radius 1 is 1.09 bits per heavy atom. The van der Waals surface area contributed by atoms with Crippen LogP contribution in [0.5, 0.6) is 0 Å². The van der Waals surface area contributed by atoms with Crippen molar-refractivity contribution >= 4 is 11.7 Å². The molecule has 1 aromatic carbocycles. The van der Waals surface area contributed by atoms with Gasteiger partial charge < -0.3 is 4.90 Å². The van der Waals surface area contributed by atoms with Crippen LogP contribution >= 0.6 is 0 Å². The molecule has 0 unspecified atom stereocenters. The molecule has 0 aliphatic carbocycles. The van der Waals surface area contributed by atoms with Crippen LogP contribution in [0, 0.1) is 12.3 Å². The largest absolute Gasteiger partial charge is 0.304 e. The zero-order valence-corrected chi connectivity index (χ0v) is 20.3. The van der Waals surface area contributed by atoms with E-state index in [1.165, 1.54) is 5.56 Å². The molecule has 1 fully saturated rings. The van der Waals surface area contributed by atoms with Gasteiger partial charge in [-0.1, -0.05) is 32.9 Å². The van der Waals surface area contributed by atoms with Crippen LogP contribution in [0.4, 0.5) is 5.82 Å². The van der Waals surface area contributed by atoms with Crippen LogP contribution in [0.25, 0.3) is 0 Å².